The fraction of sp³-hybridized carbons (Fsp3) is 0.650. The van der Waals surface area contributed by atoms with E-state index in [0.29, 0.717) is 31.8 Å². The van der Waals surface area contributed by atoms with Gasteiger partial charge in [-0.25, -0.2) is 4.79 Å². The van der Waals surface area contributed by atoms with Crippen molar-refractivity contribution in [3.8, 4) is 0 Å². The Kier molecular flexibility index (Phi) is 6.62. The number of nitrogens with zero attached hydrogens (tertiary/aromatic N) is 3. The number of carbonyl (C=O) groups is 2. The van der Waals surface area contributed by atoms with Crippen LogP contribution < -0.4 is 0 Å². The van der Waals surface area contributed by atoms with Crippen molar-refractivity contribution in [2.24, 2.45) is 5.92 Å². The van der Waals surface area contributed by atoms with E-state index in [1.807, 2.05) is 43.9 Å². The normalized spacial score (nSPS) is 17.0. The first-order valence-corrected chi connectivity index (χ1v) is 9.41. The van der Waals surface area contributed by atoms with E-state index >= 15 is 0 Å². The molecule has 26 heavy (non-hydrogen) atoms. The van der Waals surface area contributed by atoms with Gasteiger partial charge in [-0.15, -0.1) is 0 Å². The molecule has 6 heteroatoms. The smallest absolute Gasteiger partial charge is 0.408 e. The lowest BCUT2D eigenvalue weighted by atomic mass is 9.95. The first-order valence-electron chi connectivity index (χ1n) is 9.41. The van der Waals surface area contributed by atoms with Crippen LogP contribution in [0.25, 0.3) is 0 Å². The molecule has 1 fully saturated rings. The topological polar surface area (TPSA) is 73.7 Å². The van der Waals surface area contributed by atoms with Crippen LogP contribution in [0.4, 0.5) is 4.79 Å². The Morgan fingerprint density at radius 3 is 2.46 bits per heavy atom. The minimum atomic E-state index is -1.05. The van der Waals surface area contributed by atoms with Crippen LogP contribution in [0.1, 0.15) is 52.7 Å². The molecule has 1 unspecified atom stereocenters. The Morgan fingerprint density at radius 2 is 1.96 bits per heavy atom. The lowest BCUT2D eigenvalue weighted by Gasteiger charge is -2.42. The summed E-state index contributed by atoms with van der Waals surface area (Å²) in [4.78, 5) is 32.7. The summed E-state index contributed by atoms with van der Waals surface area (Å²) in [5.74, 6) is 0.536. The van der Waals surface area contributed by atoms with Crippen molar-refractivity contribution in [3.63, 3.8) is 0 Å². The quantitative estimate of drug-likeness (QED) is 0.872. The van der Waals surface area contributed by atoms with Gasteiger partial charge in [0.1, 0.15) is 6.04 Å². The van der Waals surface area contributed by atoms with E-state index in [2.05, 4.69) is 11.9 Å². The molecule has 1 saturated heterocycles. The largest absolute Gasteiger partial charge is 0.465 e. The van der Waals surface area contributed by atoms with Crippen LogP contribution in [0.15, 0.2) is 24.4 Å². The maximum absolute atomic E-state index is 13.2. The van der Waals surface area contributed by atoms with E-state index in [0.717, 1.165) is 18.5 Å². The Morgan fingerprint density at radius 1 is 1.31 bits per heavy atom. The molecular weight excluding hydrogens is 330 g/mol. The van der Waals surface area contributed by atoms with Crippen molar-refractivity contribution in [1.29, 1.82) is 0 Å². The van der Waals surface area contributed by atoms with Crippen molar-refractivity contribution in [3.05, 3.63) is 30.1 Å². The van der Waals surface area contributed by atoms with E-state index in [9.17, 15) is 14.7 Å². The molecule has 6 nitrogen and oxygen atoms in total. The second kappa shape index (κ2) is 8.52. The summed E-state index contributed by atoms with van der Waals surface area (Å²) in [5, 5.41) is 9.81. The number of likely N-dealkylation sites (tertiary alicyclic amines) is 1. The molecule has 0 radical (unpaired) electrons. The summed E-state index contributed by atoms with van der Waals surface area (Å²) in [6.07, 6.45) is 3.62. The maximum Gasteiger partial charge on any atom is 0.408 e. The summed E-state index contributed by atoms with van der Waals surface area (Å²) in [7, 11) is 0. The minimum Gasteiger partial charge on any atom is -0.465 e. The number of piperidine rings is 1. The van der Waals surface area contributed by atoms with Gasteiger partial charge in [0.25, 0.3) is 0 Å². The summed E-state index contributed by atoms with van der Waals surface area (Å²) < 4.78 is 0. The highest BCUT2D eigenvalue weighted by molar-refractivity contribution is 5.85. The van der Waals surface area contributed by atoms with Crippen LogP contribution in [0.5, 0.6) is 0 Å². The second-order valence-electron chi connectivity index (χ2n) is 8.21. The van der Waals surface area contributed by atoms with Crippen molar-refractivity contribution < 1.29 is 14.7 Å². The molecule has 2 rings (SSSR count). The average Bonchev–Trinajstić information content (AvgIpc) is 2.58. The Balaban J connectivity index is 2.22. The molecule has 0 spiro atoms. The monoisotopic (exact) mass is 361 g/mol. The van der Waals surface area contributed by atoms with E-state index in [1.54, 1.807) is 6.20 Å². The fourth-order valence-corrected chi connectivity index (χ4v) is 3.52. The summed E-state index contributed by atoms with van der Waals surface area (Å²) >= 11 is 0. The molecule has 1 atom stereocenters. The Bertz CT molecular complexity index is 604. The maximum atomic E-state index is 13.2. The Labute approximate surface area is 156 Å². The van der Waals surface area contributed by atoms with Gasteiger partial charge >= 0.3 is 6.09 Å². The molecule has 144 valence electrons. The van der Waals surface area contributed by atoms with E-state index < -0.39 is 17.7 Å². The van der Waals surface area contributed by atoms with E-state index in [-0.39, 0.29) is 5.91 Å². The van der Waals surface area contributed by atoms with Crippen molar-refractivity contribution in [2.75, 3.05) is 13.1 Å². The average molecular weight is 361 g/mol. The molecule has 2 amide bonds. The van der Waals surface area contributed by atoms with E-state index in [1.165, 1.54) is 4.90 Å². The van der Waals surface area contributed by atoms with Crippen LogP contribution in [-0.2, 0) is 11.2 Å². The van der Waals surface area contributed by atoms with Crippen LogP contribution in [0.3, 0.4) is 0 Å². The molecule has 0 aliphatic carbocycles. The molecule has 0 saturated carbocycles. The van der Waals surface area contributed by atoms with Crippen LogP contribution in [0.2, 0.25) is 0 Å². The zero-order chi connectivity index (χ0) is 19.3. The zero-order valence-electron chi connectivity index (χ0n) is 16.3. The number of aryl methyl sites for hydroxylation is 1. The molecule has 1 aromatic rings. The van der Waals surface area contributed by atoms with Gasteiger partial charge in [-0.2, -0.15) is 0 Å². The molecule has 1 aromatic heterocycles. The van der Waals surface area contributed by atoms with Gasteiger partial charge < -0.3 is 10.0 Å². The van der Waals surface area contributed by atoms with Gasteiger partial charge in [-0.05, 0) is 64.5 Å². The van der Waals surface area contributed by atoms with Gasteiger partial charge in [-0.3, -0.25) is 14.7 Å². The standard InChI is InChI=1S/C20H31N3O3/c1-15-10-13-22(14-11-15)18(24)17(23(19(25)26)20(2,3)4)9-8-16-7-5-6-12-21-16/h5-7,12,15,17H,8-11,13-14H2,1-4H3,(H,25,26). The number of pyridine rings is 1. The summed E-state index contributed by atoms with van der Waals surface area (Å²) in [6, 6.07) is 4.97. The first kappa shape index (κ1) is 20.2. The highest BCUT2D eigenvalue weighted by atomic mass is 16.4. The molecule has 0 bridgehead atoms. The molecule has 0 aromatic carbocycles. The van der Waals surface area contributed by atoms with Crippen LogP contribution in [0, 0.1) is 5.92 Å². The predicted octanol–water partition coefficient (Wildman–Crippen LogP) is 3.42. The number of carbonyl (C=O) groups excluding carboxylic acids is 1. The van der Waals surface area contributed by atoms with E-state index in [4.69, 9.17) is 0 Å². The lowest BCUT2D eigenvalue weighted by molar-refractivity contribution is -0.139. The van der Waals surface area contributed by atoms with Gasteiger partial charge in [0.05, 0.1) is 0 Å². The SMILES string of the molecule is CC1CCN(C(=O)C(CCc2ccccn2)N(C(=O)O)C(C)(C)C)CC1. The van der Waals surface area contributed by atoms with Gasteiger partial charge in [0.15, 0.2) is 0 Å². The molecule has 1 aliphatic rings. The van der Waals surface area contributed by atoms with Crippen molar-refractivity contribution in [1.82, 2.24) is 14.8 Å². The number of carboxylic acid groups (broad SMARTS) is 1. The number of amides is 2. The zero-order valence-corrected chi connectivity index (χ0v) is 16.3. The molecule has 2 heterocycles. The van der Waals surface area contributed by atoms with Gasteiger partial charge in [-0.1, -0.05) is 13.0 Å². The third kappa shape index (κ3) is 5.19. The first-order chi connectivity index (χ1) is 12.2. The number of rotatable bonds is 5. The Hall–Kier alpha value is -2.11. The summed E-state index contributed by atoms with van der Waals surface area (Å²) in [5.41, 5.74) is 0.219. The minimum absolute atomic E-state index is 0.0786. The van der Waals surface area contributed by atoms with Crippen LogP contribution in [-0.4, -0.2) is 56.6 Å². The second-order valence-corrected chi connectivity index (χ2v) is 8.21. The molecule has 1 N–H and O–H groups in total. The number of hydrogen-bond donors (Lipinski definition) is 1. The fourth-order valence-electron chi connectivity index (χ4n) is 3.52. The van der Waals surface area contributed by atoms with Gasteiger partial charge in [0.2, 0.25) is 5.91 Å². The number of aromatic nitrogens is 1. The summed E-state index contributed by atoms with van der Waals surface area (Å²) in [6.45, 7) is 9.11. The highest BCUT2D eigenvalue weighted by Gasteiger charge is 2.39. The van der Waals surface area contributed by atoms with Crippen molar-refractivity contribution in [2.45, 2.75) is 65.0 Å². The molecular formula is C20H31N3O3. The highest BCUT2D eigenvalue weighted by Crippen LogP contribution is 2.24. The predicted molar refractivity (Wildman–Crippen MR) is 101 cm³/mol. The number of hydrogen-bond acceptors (Lipinski definition) is 3. The third-order valence-corrected chi connectivity index (χ3v) is 5.02. The van der Waals surface area contributed by atoms with Crippen LogP contribution >= 0.6 is 0 Å². The lowest BCUT2D eigenvalue weighted by Crippen LogP contribution is -2.58. The third-order valence-electron chi connectivity index (χ3n) is 5.02. The van der Waals surface area contributed by atoms with Crippen molar-refractivity contribution >= 4 is 12.0 Å². The molecule has 1 aliphatic heterocycles. The van der Waals surface area contributed by atoms with Gasteiger partial charge in [0, 0.05) is 30.5 Å².